The molecule has 9 rings (SSSR count). The second-order valence-corrected chi connectivity index (χ2v) is 21.5. The Kier molecular flexibility index (Phi) is 25.0. The number of nitrogens with zero attached hydrogens (tertiary/aromatic N) is 4. The van der Waals surface area contributed by atoms with Crippen LogP contribution in [0.3, 0.4) is 0 Å². The minimum atomic E-state index is -4.49. The Labute approximate surface area is 521 Å². The lowest BCUT2D eigenvalue weighted by Crippen LogP contribution is -2.47. The molecule has 0 radical (unpaired) electrons. The van der Waals surface area contributed by atoms with E-state index >= 15 is 0 Å². The number of nitrogens with one attached hydrogen (secondary N) is 1. The lowest BCUT2D eigenvalue weighted by atomic mass is 10.0. The topological polar surface area (TPSA) is 126 Å². The number of anilines is 1. The highest BCUT2D eigenvalue weighted by Crippen LogP contribution is 2.41. The first-order valence-electron chi connectivity index (χ1n) is 28.1. The molecule has 3 aliphatic rings. The summed E-state index contributed by atoms with van der Waals surface area (Å²) in [5.41, 5.74) is -3.06. The van der Waals surface area contributed by atoms with Gasteiger partial charge in [0.25, 0.3) is 0 Å². The third kappa shape index (κ3) is 21.7. The summed E-state index contributed by atoms with van der Waals surface area (Å²) in [4.78, 5) is 23.2. The second-order valence-electron chi connectivity index (χ2n) is 21.1. The van der Waals surface area contributed by atoms with Crippen LogP contribution in [0.25, 0.3) is 0 Å². The van der Waals surface area contributed by atoms with Crippen LogP contribution in [0, 0.1) is 0 Å². The summed E-state index contributed by atoms with van der Waals surface area (Å²) >= 11 is 5.28. The zero-order valence-electron chi connectivity index (χ0n) is 49.7. The van der Waals surface area contributed by atoms with E-state index in [1.54, 1.807) is 4.90 Å². The molecular weight excluding hydrogens is 1260 g/mol. The van der Waals surface area contributed by atoms with Gasteiger partial charge in [-0.15, -0.1) is 0 Å². The van der Waals surface area contributed by atoms with Gasteiger partial charge >= 0.3 is 37.0 Å². The summed E-state index contributed by atoms with van der Waals surface area (Å²) in [5, 5.41) is 3.35. The molecule has 500 valence electrons. The minimum absolute atomic E-state index is 0. The molecule has 0 aliphatic carbocycles. The van der Waals surface area contributed by atoms with Crippen molar-refractivity contribution in [1.29, 1.82) is 0 Å². The molecule has 0 bridgehead atoms. The third-order valence-electron chi connectivity index (χ3n) is 14.4. The molecule has 3 saturated heterocycles. The largest absolute Gasteiger partial charge is 0.493 e. The maximum atomic E-state index is 12.9. The lowest BCUT2D eigenvalue weighted by molar-refractivity contribution is -0.138. The first kappa shape index (κ1) is 72.3. The van der Waals surface area contributed by atoms with Crippen LogP contribution in [0.4, 0.5) is 76.5 Å². The maximum absolute atomic E-state index is 12.9. The summed E-state index contributed by atoms with van der Waals surface area (Å²) < 4.78 is 227. The van der Waals surface area contributed by atoms with Gasteiger partial charge in [0.1, 0.15) is 35.9 Å². The molecule has 6 unspecified atom stereocenters. The highest BCUT2D eigenvalue weighted by molar-refractivity contribution is 6.29. The van der Waals surface area contributed by atoms with E-state index in [-0.39, 0.29) is 72.3 Å². The number of carbonyl (C=O) groups is 1. The van der Waals surface area contributed by atoms with Crippen LogP contribution < -0.4 is 38.6 Å². The number of benzene rings is 4. The lowest BCUT2D eigenvalue weighted by Gasteiger charge is -2.38. The number of piperidine rings is 3. The predicted octanol–water partition coefficient (Wildman–Crippen LogP) is 17.1. The molecule has 6 aromatic rings. The molecule has 1 amide bonds. The molecule has 5 heterocycles. The number of hydrogen-bond donors (Lipinski definition) is 1. The molecule has 6 atom stereocenters. The molecule has 13 nitrogen and oxygen atoms in total. The summed E-state index contributed by atoms with van der Waals surface area (Å²) in [6.07, 6.45) is -17.8. The van der Waals surface area contributed by atoms with Crippen molar-refractivity contribution in [3.8, 4) is 34.5 Å². The molecule has 1 N–H and O–H groups in total. The van der Waals surface area contributed by atoms with Gasteiger partial charge in [-0.1, -0.05) is 41.9 Å². The van der Waals surface area contributed by atoms with Crippen LogP contribution in [0.5, 0.6) is 34.5 Å². The quantitative estimate of drug-likeness (QED) is 0.0926. The van der Waals surface area contributed by atoms with Crippen LogP contribution in [-0.2, 0) is 42.2 Å². The zero-order valence-corrected chi connectivity index (χ0v) is 50.4. The van der Waals surface area contributed by atoms with Gasteiger partial charge in [0.15, 0.2) is 34.5 Å². The van der Waals surface area contributed by atoms with E-state index in [1.807, 2.05) is 49.1 Å². The Hall–Kier alpha value is -7.75. The molecular formula is C62H67ClF15N5O8. The number of carbonyl (C=O) groups excluding carboxylic acids is 1. The van der Waals surface area contributed by atoms with Gasteiger partial charge in [-0.3, -0.25) is 0 Å². The van der Waals surface area contributed by atoms with Crippen LogP contribution in [0.1, 0.15) is 94.1 Å². The predicted molar refractivity (Wildman–Crippen MR) is 308 cm³/mol. The average molecular weight is 1330 g/mol. The normalized spacial score (nSPS) is 19.6. The van der Waals surface area contributed by atoms with Crippen LogP contribution >= 0.6 is 11.6 Å². The van der Waals surface area contributed by atoms with E-state index in [2.05, 4.69) is 22.2 Å². The van der Waals surface area contributed by atoms with Gasteiger partial charge in [-0.25, -0.2) is 14.8 Å². The van der Waals surface area contributed by atoms with Gasteiger partial charge in [0.2, 0.25) is 0 Å². The average Bonchev–Trinajstić information content (AvgIpc) is 0.915. The number of pyridine rings is 2. The van der Waals surface area contributed by atoms with Gasteiger partial charge in [-0.05, 0) is 125 Å². The molecule has 0 spiro atoms. The smallest absolute Gasteiger partial charge is 0.417 e. The number of hydrogen-bond acceptors (Lipinski definition) is 12. The van der Waals surface area contributed by atoms with Crippen molar-refractivity contribution in [3.05, 3.63) is 160 Å². The molecule has 2 aromatic heterocycles. The molecule has 91 heavy (non-hydrogen) atoms. The maximum Gasteiger partial charge on any atom is 0.417 e. The summed E-state index contributed by atoms with van der Waals surface area (Å²) in [6.45, 7) is 7.79. The number of ether oxygens (including phenoxy) is 7. The number of alkyl halides is 15. The monoisotopic (exact) mass is 1330 g/mol. The van der Waals surface area contributed by atoms with E-state index in [0.29, 0.717) is 62.6 Å². The van der Waals surface area contributed by atoms with Crippen molar-refractivity contribution in [1.82, 2.24) is 20.2 Å². The van der Waals surface area contributed by atoms with E-state index in [4.69, 9.17) is 44.8 Å². The molecule has 0 saturated carbocycles. The molecule has 29 heteroatoms. The molecule has 3 aliphatic heterocycles. The summed E-state index contributed by atoms with van der Waals surface area (Å²) in [7, 11) is 3.91. The Morgan fingerprint density at radius 2 is 0.934 bits per heavy atom. The molecule has 4 aromatic carbocycles. The first-order valence-corrected chi connectivity index (χ1v) is 28.5. The first-order chi connectivity index (χ1) is 42.7. The Morgan fingerprint density at radius 3 is 1.32 bits per heavy atom. The van der Waals surface area contributed by atoms with Crippen LogP contribution in [-0.4, -0.2) is 98.4 Å². The SMILES string of the molecule is COc1cc(C(F)(F)F)ccc1OC1CCN(C(=O)OCc2ccccc2)C(C)C1.COc1cc(C(F)(F)F)ccc1OC1CCN(c2ccc(C(F)(F)F)cn2)C(C)C1.COc1cc(C(F)(F)F)ccc1OC1CCNC(C)C1.FC(F)(F)c1ccc(Cl)nc1.[HH]. The number of rotatable bonds is 12. The number of aromatic nitrogens is 2. The zero-order chi connectivity index (χ0) is 67.1. The Bertz CT molecular complexity index is 3260. The number of amides is 1. The Balaban J connectivity index is 0.000000234. The van der Waals surface area contributed by atoms with Crippen molar-refractivity contribution in [2.45, 2.75) is 133 Å². The van der Waals surface area contributed by atoms with E-state index in [0.717, 1.165) is 85.7 Å². The van der Waals surface area contributed by atoms with Crippen molar-refractivity contribution in [2.24, 2.45) is 0 Å². The summed E-state index contributed by atoms with van der Waals surface area (Å²) in [5.74, 6) is 1.39. The minimum Gasteiger partial charge on any atom is -0.493 e. The fourth-order valence-corrected chi connectivity index (χ4v) is 9.82. The van der Waals surface area contributed by atoms with Crippen molar-refractivity contribution in [2.75, 3.05) is 45.9 Å². The highest BCUT2D eigenvalue weighted by atomic mass is 35.5. The van der Waals surface area contributed by atoms with Gasteiger partial charge in [-0.2, -0.15) is 65.9 Å². The van der Waals surface area contributed by atoms with Gasteiger partial charge in [0, 0.05) is 70.7 Å². The van der Waals surface area contributed by atoms with E-state index in [1.165, 1.54) is 45.6 Å². The number of halogens is 16. The van der Waals surface area contributed by atoms with Crippen LogP contribution in [0.2, 0.25) is 5.15 Å². The molecule has 3 fully saturated rings. The standard InChI is InChI=1S/C22H24F3NO4.C20H20F6N2O2.C14H18F3NO2.C6H3ClF3N.H2/c1-15-12-18(30-19-9-8-17(22(23,24)25)13-20(19)28-2)10-11-26(15)21(27)29-14-16-6-4-3-5-7-16;1-12-9-15(30-16-5-3-13(19(21,22)23)10-17(16)29-2)7-8-28(12)18-6-4-14(11-27-18)20(24,25)26;1-9-7-11(5-6-18-9)20-12-4-3-10(14(15,16)17)8-13(12)19-2;7-5-2-1-4(3-11-5)6(8,9)10;/h3-9,13,15,18H,10-12,14H2,1-2H3;3-6,10-12,15H,7-9H2,1-2H3;3-4,8-9,11,18H,5-7H2,1-2H3;1-3H;1H. The van der Waals surface area contributed by atoms with Crippen LogP contribution in [0.15, 0.2) is 122 Å². The van der Waals surface area contributed by atoms with E-state index in [9.17, 15) is 70.7 Å². The fraction of sp³-hybridized carbons (Fsp3) is 0.435. The van der Waals surface area contributed by atoms with Crippen molar-refractivity contribution < 1.29 is 105 Å². The summed E-state index contributed by atoms with van der Waals surface area (Å²) in [6, 6.07) is 23.4. The Morgan fingerprint density at radius 1 is 0.516 bits per heavy atom. The van der Waals surface area contributed by atoms with Gasteiger partial charge < -0.3 is 48.3 Å². The number of likely N-dealkylation sites (tertiary alicyclic amines) is 1. The van der Waals surface area contributed by atoms with Crippen molar-refractivity contribution >= 4 is 23.5 Å². The second kappa shape index (κ2) is 31.5. The van der Waals surface area contributed by atoms with Crippen molar-refractivity contribution in [3.63, 3.8) is 0 Å². The van der Waals surface area contributed by atoms with Gasteiger partial charge in [0.05, 0.1) is 49.1 Å². The fourth-order valence-electron chi connectivity index (χ4n) is 9.71. The van der Waals surface area contributed by atoms with E-state index < -0.39 is 64.8 Å². The third-order valence-corrected chi connectivity index (χ3v) is 14.7. The highest BCUT2D eigenvalue weighted by Gasteiger charge is 2.37. The number of methoxy groups -OCH3 is 3.